The topological polar surface area (TPSA) is 97.1 Å². The van der Waals surface area contributed by atoms with Crippen molar-refractivity contribution in [3.8, 4) is 0 Å². The number of hydrogen-bond acceptors (Lipinski definition) is 5. The Bertz CT molecular complexity index is 649. The van der Waals surface area contributed by atoms with E-state index in [0.29, 0.717) is 17.0 Å². The second-order valence-corrected chi connectivity index (χ2v) is 4.79. The van der Waals surface area contributed by atoms with Crippen molar-refractivity contribution in [2.45, 2.75) is 26.7 Å². The molecule has 2 aromatic rings. The summed E-state index contributed by atoms with van der Waals surface area (Å²) in [5, 5.41) is 3.78. The van der Waals surface area contributed by atoms with E-state index in [1.807, 2.05) is 13.8 Å². The minimum atomic E-state index is -0.496. The van der Waals surface area contributed by atoms with Gasteiger partial charge in [-0.1, -0.05) is 25.1 Å². The van der Waals surface area contributed by atoms with Gasteiger partial charge >= 0.3 is 0 Å². The summed E-state index contributed by atoms with van der Waals surface area (Å²) in [6.45, 7) is 5.46. The maximum Gasteiger partial charge on any atom is 0.288 e. The highest BCUT2D eigenvalue weighted by Gasteiger charge is 2.22. The van der Waals surface area contributed by atoms with E-state index in [2.05, 4.69) is 21.0 Å². The Morgan fingerprint density at radius 2 is 1.90 bits per heavy atom. The molecule has 0 saturated carbocycles. The molecule has 0 atom stereocenters. The molecule has 0 aliphatic carbocycles. The van der Waals surface area contributed by atoms with Gasteiger partial charge in [0.25, 0.3) is 11.8 Å². The number of rotatable bonds is 3. The normalized spacial score (nSPS) is 10.5. The first-order valence-corrected chi connectivity index (χ1v) is 6.48. The molecule has 2 amide bonds. The van der Waals surface area contributed by atoms with Crippen molar-refractivity contribution in [3.63, 3.8) is 0 Å². The number of aryl methyl sites for hydroxylation is 1. The van der Waals surface area contributed by atoms with Crippen LogP contribution in [-0.2, 0) is 0 Å². The monoisotopic (exact) mass is 288 g/mol. The van der Waals surface area contributed by atoms with Crippen molar-refractivity contribution in [1.82, 2.24) is 21.0 Å². The fourth-order valence-corrected chi connectivity index (χ4v) is 1.79. The molecule has 0 saturated heterocycles. The van der Waals surface area contributed by atoms with Crippen molar-refractivity contribution in [3.05, 3.63) is 47.1 Å². The average molecular weight is 288 g/mol. The summed E-state index contributed by atoms with van der Waals surface area (Å²) in [6.07, 6.45) is 1.50. The van der Waals surface area contributed by atoms with E-state index in [0.717, 1.165) is 0 Å². The molecule has 2 heterocycles. The van der Waals surface area contributed by atoms with Gasteiger partial charge in [-0.3, -0.25) is 25.4 Å². The SMILES string of the molecule is Cc1noc(C(C)C)c1C(=O)NNC(=O)c1ccccn1. The van der Waals surface area contributed by atoms with Crippen molar-refractivity contribution >= 4 is 11.8 Å². The number of carbonyl (C=O) groups excluding carboxylic acids is 2. The Balaban J connectivity index is 2.06. The molecule has 110 valence electrons. The van der Waals surface area contributed by atoms with Crippen LogP contribution in [0.3, 0.4) is 0 Å². The van der Waals surface area contributed by atoms with Crippen molar-refractivity contribution in [2.24, 2.45) is 0 Å². The maximum atomic E-state index is 12.1. The van der Waals surface area contributed by atoms with Gasteiger partial charge in [0, 0.05) is 12.1 Å². The van der Waals surface area contributed by atoms with Crippen molar-refractivity contribution < 1.29 is 14.1 Å². The molecule has 7 heteroatoms. The molecule has 0 fully saturated rings. The van der Waals surface area contributed by atoms with E-state index in [-0.39, 0.29) is 11.6 Å². The third-order valence-electron chi connectivity index (χ3n) is 2.83. The molecular weight excluding hydrogens is 272 g/mol. The first-order chi connectivity index (χ1) is 10.0. The summed E-state index contributed by atoms with van der Waals surface area (Å²) in [5.41, 5.74) is 5.68. The third-order valence-corrected chi connectivity index (χ3v) is 2.83. The number of pyridine rings is 1. The van der Waals surface area contributed by atoms with Crippen LogP contribution in [0.2, 0.25) is 0 Å². The molecule has 0 radical (unpaired) electrons. The second kappa shape index (κ2) is 6.17. The van der Waals surface area contributed by atoms with Crippen LogP contribution in [0.5, 0.6) is 0 Å². The Morgan fingerprint density at radius 1 is 1.19 bits per heavy atom. The number of hydrazine groups is 1. The van der Waals surface area contributed by atoms with Crippen molar-refractivity contribution in [1.29, 1.82) is 0 Å². The van der Waals surface area contributed by atoms with Gasteiger partial charge in [0.1, 0.15) is 11.3 Å². The number of amides is 2. The zero-order valence-corrected chi connectivity index (χ0v) is 12.0. The number of hydrogen-bond donors (Lipinski definition) is 2. The van der Waals surface area contributed by atoms with Crippen LogP contribution in [0.25, 0.3) is 0 Å². The van der Waals surface area contributed by atoms with Gasteiger partial charge < -0.3 is 4.52 Å². The number of carbonyl (C=O) groups is 2. The molecule has 2 rings (SSSR count). The Labute approximate surface area is 121 Å². The summed E-state index contributed by atoms with van der Waals surface area (Å²) in [6, 6.07) is 4.93. The largest absolute Gasteiger partial charge is 0.360 e. The fraction of sp³-hybridized carbons (Fsp3) is 0.286. The molecule has 21 heavy (non-hydrogen) atoms. The smallest absolute Gasteiger partial charge is 0.288 e. The number of aromatic nitrogens is 2. The highest BCUT2D eigenvalue weighted by molar-refractivity contribution is 5.99. The van der Waals surface area contributed by atoms with E-state index >= 15 is 0 Å². The van der Waals surface area contributed by atoms with E-state index < -0.39 is 11.8 Å². The van der Waals surface area contributed by atoms with Gasteiger partial charge in [-0.2, -0.15) is 0 Å². The lowest BCUT2D eigenvalue weighted by atomic mass is 10.1. The highest BCUT2D eigenvalue weighted by atomic mass is 16.5. The molecule has 0 spiro atoms. The maximum absolute atomic E-state index is 12.1. The van der Waals surface area contributed by atoms with Gasteiger partial charge in [-0.15, -0.1) is 0 Å². The van der Waals surface area contributed by atoms with Crippen molar-refractivity contribution in [2.75, 3.05) is 0 Å². The molecular formula is C14H16N4O3. The van der Waals surface area contributed by atoms with Crippen LogP contribution >= 0.6 is 0 Å². The van der Waals surface area contributed by atoms with Crippen LogP contribution < -0.4 is 10.9 Å². The predicted molar refractivity (Wildman–Crippen MR) is 74.5 cm³/mol. The first kappa shape index (κ1) is 14.7. The van der Waals surface area contributed by atoms with Gasteiger partial charge in [0.2, 0.25) is 0 Å². The minimum absolute atomic E-state index is 0.0124. The molecule has 0 aromatic carbocycles. The average Bonchev–Trinajstić information content (AvgIpc) is 2.87. The Hall–Kier alpha value is -2.70. The van der Waals surface area contributed by atoms with Crippen LogP contribution in [0.1, 0.15) is 52.1 Å². The molecule has 0 aliphatic rings. The summed E-state index contributed by atoms with van der Waals surface area (Å²) in [5.74, 6) is -0.471. The molecule has 2 aromatic heterocycles. The van der Waals surface area contributed by atoms with Gasteiger partial charge in [-0.25, -0.2) is 0 Å². The van der Waals surface area contributed by atoms with Crippen LogP contribution in [0.4, 0.5) is 0 Å². The molecule has 2 N–H and O–H groups in total. The van der Waals surface area contributed by atoms with Crippen LogP contribution in [-0.4, -0.2) is 22.0 Å². The standard InChI is InChI=1S/C14H16N4O3/c1-8(2)12-11(9(3)18-21-12)14(20)17-16-13(19)10-6-4-5-7-15-10/h4-8H,1-3H3,(H,16,19)(H,17,20). The zero-order valence-electron chi connectivity index (χ0n) is 12.0. The predicted octanol–water partition coefficient (Wildman–Crippen LogP) is 1.58. The lowest BCUT2D eigenvalue weighted by molar-refractivity contribution is 0.0842. The Morgan fingerprint density at radius 3 is 2.52 bits per heavy atom. The summed E-state index contributed by atoms with van der Waals surface area (Å²) in [4.78, 5) is 27.8. The van der Waals surface area contributed by atoms with Crippen LogP contribution in [0.15, 0.2) is 28.9 Å². The van der Waals surface area contributed by atoms with E-state index in [1.165, 1.54) is 6.20 Å². The lowest BCUT2D eigenvalue weighted by Gasteiger charge is -2.08. The summed E-state index contributed by atoms with van der Waals surface area (Å²) < 4.78 is 5.13. The van der Waals surface area contributed by atoms with E-state index in [1.54, 1.807) is 25.1 Å². The second-order valence-electron chi connectivity index (χ2n) is 4.79. The van der Waals surface area contributed by atoms with Gasteiger partial charge in [0.05, 0.1) is 5.69 Å². The van der Waals surface area contributed by atoms with E-state index in [4.69, 9.17) is 4.52 Å². The van der Waals surface area contributed by atoms with Crippen LogP contribution in [0, 0.1) is 6.92 Å². The van der Waals surface area contributed by atoms with Gasteiger partial charge in [0.15, 0.2) is 5.76 Å². The summed E-state index contributed by atoms with van der Waals surface area (Å²) in [7, 11) is 0. The lowest BCUT2D eigenvalue weighted by Crippen LogP contribution is -2.42. The number of nitrogens with zero attached hydrogens (tertiary/aromatic N) is 2. The third kappa shape index (κ3) is 3.25. The molecule has 0 bridgehead atoms. The summed E-state index contributed by atoms with van der Waals surface area (Å²) >= 11 is 0. The first-order valence-electron chi connectivity index (χ1n) is 6.48. The number of nitrogens with one attached hydrogen (secondary N) is 2. The van der Waals surface area contributed by atoms with Gasteiger partial charge in [-0.05, 0) is 19.1 Å². The molecule has 0 aliphatic heterocycles. The zero-order chi connectivity index (χ0) is 15.4. The molecule has 0 unspecified atom stereocenters. The van der Waals surface area contributed by atoms with E-state index in [9.17, 15) is 9.59 Å². The molecule has 7 nitrogen and oxygen atoms in total. The quantitative estimate of drug-likeness (QED) is 0.836. The fourth-order valence-electron chi connectivity index (χ4n) is 1.79. The Kier molecular flexibility index (Phi) is 4.32. The highest BCUT2D eigenvalue weighted by Crippen LogP contribution is 2.21. The minimum Gasteiger partial charge on any atom is -0.360 e.